The van der Waals surface area contributed by atoms with Gasteiger partial charge in [-0.15, -0.1) is 0 Å². The third kappa shape index (κ3) is 3.26. The van der Waals surface area contributed by atoms with Crippen LogP contribution in [0.3, 0.4) is 0 Å². The Kier molecular flexibility index (Phi) is 4.36. The topological polar surface area (TPSA) is 48.0 Å². The third-order valence-electron chi connectivity index (χ3n) is 4.29. The molecule has 0 spiro atoms. The molecular formula is C16H18F2N2O2. The molecule has 1 fully saturated rings. The van der Waals surface area contributed by atoms with Gasteiger partial charge in [0.1, 0.15) is 11.6 Å². The van der Waals surface area contributed by atoms with E-state index in [1.807, 2.05) is 0 Å². The second-order valence-corrected chi connectivity index (χ2v) is 5.89. The predicted octanol–water partition coefficient (Wildman–Crippen LogP) is 3.29. The number of hydrogen-bond acceptors (Lipinski definition) is 3. The predicted molar refractivity (Wildman–Crippen MR) is 76.5 cm³/mol. The molecule has 1 aromatic carbocycles. The Labute approximate surface area is 126 Å². The van der Waals surface area contributed by atoms with Gasteiger partial charge in [-0.25, -0.2) is 13.6 Å². The molecule has 0 aliphatic heterocycles. The van der Waals surface area contributed by atoms with Gasteiger partial charge in [-0.3, -0.25) is 9.09 Å². The molecule has 0 saturated heterocycles. The van der Waals surface area contributed by atoms with Gasteiger partial charge < -0.3 is 0 Å². The molecule has 2 aromatic rings. The zero-order valence-corrected chi connectivity index (χ0v) is 12.2. The Bertz CT molecular complexity index is 702. The summed E-state index contributed by atoms with van der Waals surface area (Å²) in [6.07, 6.45) is 5.87. The van der Waals surface area contributed by atoms with Crippen LogP contribution in [0.5, 0.6) is 0 Å². The Hall–Kier alpha value is -1.98. The van der Waals surface area contributed by atoms with E-state index >= 15 is 0 Å². The van der Waals surface area contributed by atoms with E-state index in [2.05, 4.69) is 5.16 Å². The average molecular weight is 308 g/mol. The second-order valence-electron chi connectivity index (χ2n) is 5.89. The maximum atomic E-state index is 13.7. The third-order valence-corrected chi connectivity index (χ3v) is 4.29. The molecule has 1 aromatic heterocycles. The van der Waals surface area contributed by atoms with E-state index in [4.69, 9.17) is 4.52 Å². The molecular weight excluding hydrogens is 290 g/mol. The molecule has 1 heterocycles. The van der Waals surface area contributed by atoms with Crippen LogP contribution in [0.2, 0.25) is 0 Å². The highest BCUT2D eigenvalue weighted by molar-refractivity contribution is 5.21. The molecule has 0 unspecified atom stereocenters. The van der Waals surface area contributed by atoms with E-state index in [1.165, 1.54) is 36.0 Å². The smallest absolute Gasteiger partial charge is 0.296 e. The average Bonchev–Trinajstić information content (AvgIpc) is 2.84. The van der Waals surface area contributed by atoms with E-state index in [-0.39, 0.29) is 6.42 Å². The lowest BCUT2D eigenvalue weighted by molar-refractivity contribution is 0.303. The fourth-order valence-electron chi connectivity index (χ4n) is 3.07. The monoisotopic (exact) mass is 308 g/mol. The molecule has 0 bridgehead atoms. The van der Waals surface area contributed by atoms with Gasteiger partial charge in [-0.2, -0.15) is 0 Å². The van der Waals surface area contributed by atoms with E-state index in [9.17, 15) is 13.6 Å². The molecule has 0 atom stereocenters. The molecule has 22 heavy (non-hydrogen) atoms. The van der Waals surface area contributed by atoms with Crippen molar-refractivity contribution in [2.24, 2.45) is 5.92 Å². The van der Waals surface area contributed by atoms with Gasteiger partial charge in [0.15, 0.2) is 5.82 Å². The first-order chi connectivity index (χ1) is 10.6. The molecule has 4 nitrogen and oxygen atoms in total. The van der Waals surface area contributed by atoms with Crippen molar-refractivity contribution >= 4 is 0 Å². The van der Waals surface area contributed by atoms with Gasteiger partial charge >= 0.3 is 5.76 Å². The van der Waals surface area contributed by atoms with Gasteiger partial charge in [0.25, 0.3) is 0 Å². The van der Waals surface area contributed by atoms with Crippen molar-refractivity contribution in [3.05, 3.63) is 51.8 Å². The van der Waals surface area contributed by atoms with E-state index in [1.54, 1.807) is 0 Å². The standard InChI is InChI=1S/C16H18F2N2O2/c17-13-7-6-12(14(18)9-13)8-15-19-22-16(21)20(15)10-11-4-2-1-3-5-11/h6-7,9,11H,1-5,8,10H2. The fraction of sp³-hybridized carbons (Fsp3) is 0.500. The minimum absolute atomic E-state index is 0.116. The molecule has 0 N–H and O–H groups in total. The van der Waals surface area contributed by atoms with Crippen LogP contribution in [-0.2, 0) is 13.0 Å². The van der Waals surface area contributed by atoms with E-state index in [0.29, 0.717) is 23.9 Å². The van der Waals surface area contributed by atoms with Crippen LogP contribution in [0, 0.1) is 17.6 Å². The minimum Gasteiger partial charge on any atom is -0.296 e. The van der Waals surface area contributed by atoms with Crippen molar-refractivity contribution in [3.8, 4) is 0 Å². The van der Waals surface area contributed by atoms with Crippen LogP contribution in [0.1, 0.15) is 43.5 Å². The first-order valence-corrected chi connectivity index (χ1v) is 7.63. The first kappa shape index (κ1) is 14.9. The summed E-state index contributed by atoms with van der Waals surface area (Å²) in [6, 6.07) is 3.40. The van der Waals surface area contributed by atoms with Gasteiger partial charge in [0, 0.05) is 19.0 Å². The second kappa shape index (κ2) is 6.42. The Morgan fingerprint density at radius 3 is 2.73 bits per heavy atom. The Morgan fingerprint density at radius 1 is 1.23 bits per heavy atom. The van der Waals surface area contributed by atoms with Crippen molar-refractivity contribution < 1.29 is 13.3 Å². The van der Waals surface area contributed by atoms with Gasteiger partial charge in [-0.05, 0) is 30.4 Å². The maximum absolute atomic E-state index is 13.7. The minimum atomic E-state index is -0.639. The number of rotatable bonds is 4. The van der Waals surface area contributed by atoms with Gasteiger partial charge in [0.2, 0.25) is 0 Å². The van der Waals surface area contributed by atoms with Gasteiger partial charge in [-0.1, -0.05) is 30.5 Å². The maximum Gasteiger partial charge on any atom is 0.441 e. The highest BCUT2D eigenvalue weighted by Gasteiger charge is 2.19. The summed E-state index contributed by atoms with van der Waals surface area (Å²) in [4.78, 5) is 11.8. The SMILES string of the molecule is O=c1onc(Cc2ccc(F)cc2F)n1CC1CCCCC1. The molecule has 118 valence electrons. The summed E-state index contributed by atoms with van der Waals surface area (Å²) in [6.45, 7) is 0.556. The molecule has 0 radical (unpaired) electrons. The number of hydrogen-bond donors (Lipinski definition) is 0. The largest absolute Gasteiger partial charge is 0.441 e. The lowest BCUT2D eigenvalue weighted by Crippen LogP contribution is -2.24. The Morgan fingerprint density at radius 2 is 2.00 bits per heavy atom. The summed E-state index contributed by atoms with van der Waals surface area (Å²) in [7, 11) is 0. The molecule has 1 aliphatic carbocycles. The summed E-state index contributed by atoms with van der Waals surface area (Å²) in [5, 5.41) is 3.76. The summed E-state index contributed by atoms with van der Waals surface area (Å²) < 4.78 is 32.9. The van der Waals surface area contributed by atoms with Crippen molar-refractivity contribution in [2.75, 3.05) is 0 Å². The zero-order chi connectivity index (χ0) is 15.5. The number of nitrogens with zero attached hydrogens (tertiary/aromatic N) is 2. The van der Waals surface area contributed by atoms with Crippen LogP contribution in [0.15, 0.2) is 27.5 Å². The fourth-order valence-corrected chi connectivity index (χ4v) is 3.07. The molecule has 3 rings (SSSR count). The number of benzene rings is 1. The van der Waals surface area contributed by atoms with Crippen LogP contribution in [0.4, 0.5) is 8.78 Å². The quantitative estimate of drug-likeness (QED) is 0.871. The van der Waals surface area contributed by atoms with E-state index < -0.39 is 17.4 Å². The van der Waals surface area contributed by atoms with Crippen molar-refractivity contribution in [1.82, 2.24) is 9.72 Å². The van der Waals surface area contributed by atoms with Crippen molar-refractivity contribution in [2.45, 2.75) is 45.1 Å². The molecule has 1 aliphatic rings. The molecule has 6 heteroatoms. The van der Waals surface area contributed by atoms with Crippen molar-refractivity contribution in [1.29, 1.82) is 0 Å². The van der Waals surface area contributed by atoms with Gasteiger partial charge in [0.05, 0.1) is 0 Å². The lowest BCUT2D eigenvalue weighted by Gasteiger charge is -2.21. The van der Waals surface area contributed by atoms with Crippen LogP contribution in [-0.4, -0.2) is 9.72 Å². The molecule has 0 amide bonds. The van der Waals surface area contributed by atoms with Crippen LogP contribution in [0.25, 0.3) is 0 Å². The zero-order valence-electron chi connectivity index (χ0n) is 12.2. The summed E-state index contributed by atoms with van der Waals surface area (Å²) in [5.41, 5.74) is 0.298. The highest BCUT2D eigenvalue weighted by Crippen LogP contribution is 2.25. The lowest BCUT2D eigenvalue weighted by atomic mass is 9.89. The Balaban J connectivity index is 1.80. The summed E-state index contributed by atoms with van der Waals surface area (Å²) >= 11 is 0. The van der Waals surface area contributed by atoms with Crippen LogP contribution >= 0.6 is 0 Å². The van der Waals surface area contributed by atoms with Crippen LogP contribution < -0.4 is 5.76 Å². The van der Waals surface area contributed by atoms with E-state index in [0.717, 1.165) is 18.9 Å². The van der Waals surface area contributed by atoms with Crippen molar-refractivity contribution in [3.63, 3.8) is 0 Å². The number of aromatic nitrogens is 2. The number of halogens is 2. The molecule has 1 saturated carbocycles. The normalized spacial score (nSPS) is 16.1. The summed E-state index contributed by atoms with van der Waals surface area (Å²) in [5.74, 6) is -0.951. The highest BCUT2D eigenvalue weighted by atomic mass is 19.1. The first-order valence-electron chi connectivity index (χ1n) is 7.63.